The Morgan fingerprint density at radius 1 is 1.08 bits per heavy atom. The summed E-state index contributed by atoms with van der Waals surface area (Å²) in [5, 5.41) is 3.65. The van der Waals surface area contributed by atoms with Gasteiger partial charge in [0, 0.05) is 23.3 Å². The zero-order valence-electron chi connectivity index (χ0n) is 14.8. The molecule has 2 aliphatic heterocycles. The lowest BCUT2D eigenvalue weighted by Gasteiger charge is -2.49. The van der Waals surface area contributed by atoms with E-state index < -0.39 is 0 Å². The molecule has 0 spiro atoms. The summed E-state index contributed by atoms with van der Waals surface area (Å²) in [6.07, 6.45) is 7.73. The van der Waals surface area contributed by atoms with Gasteiger partial charge in [-0.25, -0.2) is 0 Å². The zero-order valence-corrected chi connectivity index (χ0v) is 17.2. The van der Waals surface area contributed by atoms with Crippen molar-refractivity contribution in [1.82, 2.24) is 10.0 Å². The second kappa shape index (κ2) is 9.05. The van der Waals surface area contributed by atoms with Gasteiger partial charge in [-0.05, 0) is 67.6 Å². The van der Waals surface area contributed by atoms with Gasteiger partial charge in [-0.1, -0.05) is 36.4 Å². The molecule has 1 fully saturated rings. The molecule has 0 saturated carbocycles. The monoisotopic (exact) mass is 409 g/mol. The number of rotatable bonds is 3. The molecule has 4 rings (SSSR count). The molecule has 0 bridgehead atoms. The van der Waals surface area contributed by atoms with Crippen LogP contribution in [0.4, 0.5) is 5.69 Å². The second-order valence-corrected chi connectivity index (χ2v) is 7.24. The predicted molar refractivity (Wildman–Crippen MR) is 117 cm³/mol. The summed E-state index contributed by atoms with van der Waals surface area (Å²) in [6, 6.07) is 17.7. The standard InChI is InChI=1S/C20H23N3S.2ClH/c1-21-20(17-7-3-2-4-8-17)12-5-6-14-23(20)18-10-9-16-11-13-22-24-19(16)15-18;;/h2-4,7-11,13,15,21-22H,5-6,12,14H2,1H3;2*1H. The normalized spacial score (nSPS) is 21.0. The molecule has 6 heteroatoms. The van der Waals surface area contributed by atoms with Gasteiger partial charge in [0.15, 0.2) is 0 Å². The minimum atomic E-state index is -0.129. The fourth-order valence-corrected chi connectivity index (χ4v) is 4.58. The van der Waals surface area contributed by atoms with Gasteiger partial charge < -0.3 is 9.62 Å². The highest BCUT2D eigenvalue weighted by Crippen LogP contribution is 2.40. The van der Waals surface area contributed by atoms with Gasteiger partial charge in [-0.15, -0.1) is 24.8 Å². The van der Waals surface area contributed by atoms with E-state index in [0.29, 0.717) is 0 Å². The number of piperidine rings is 1. The Kier molecular flexibility index (Phi) is 7.30. The molecule has 2 heterocycles. The predicted octanol–water partition coefficient (Wildman–Crippen LogP) is 5.17. The summed E-state index contributed by atoms with van der Waals surface area (Å²) in [4.78, 5) is 3.84. The smallest absolute Gasteiger partial charge is 0.117 e. The third kappa shape index (κ3) is 3.70. The van der Waals surface area contributed by atoms with E-state index in [4.69, 9.17) is 0 Å². The van der Waals surface area contributed by atoms with Crippen molar-refractivity contribution in [2.24, 2.45) is 0 Å². The van der Waals surface area contributed by atoms with Crippen molar-refractivity contribution < 1.29 is 0 Å². The zero-order chi connectivity index (χ0) is 16.4. The van der Waals surface area contributed by atoms with Crippen LogP contribution < -0.4 is 14.9 Å². The lowest BCUT2D eigenvalue weighted by atomic mass is 9.87. The van der Waals surface area contributed by atoms with Gasteiger partial charge in [-0.3, -0.25) is 5.32 Å². The Balaban J connectivity index is 0.00000121. The van der Waals surface area contributed by atoms with Crippen LogP contribution in [0.1, 0.15) is 30.4 Å². The minimum Gasteiger partial charge on any atom is -0.349 e. The molecule has 2 N–H and O–H groups in total. The summed E-state index contributed by atoms with van der Waals surface area (Å²) in [5.41, 5.74) is 3.79. The quantitative estimate of drug-likeness (QED) is 0.683. The lowest BCUT2D eigenvalue weighted by Crippen LogP contribution is -2.57. The van der Waals surface area contributed by atoms with Crippen LogP contribution in [0.2, 0.25) is 0 Å². The van der Waals surface area contributed by atoms with Crippen molar-refractivity contribution in [1.29, 1.82) is 0 Å². The van der Waals surface area contributed by atoms with Crippen LogP contribution in [0, 0.1) is 0 Å². The van der Waals surface area contributed by atoms with Gasteiger partial charge in [-0.2, -0.15) is 0 Å². The van der Waals surface area contributed by atoms with Crippen LogP contribution in [-0.2, 0) is 5.66 Å². The maximum Gasteiger partial charge on any atom is 0.117 e. The average Bonchev–Trinajstić information content (AvgIpc) is 2.68. The van der Waals surface area contributed by atoms with Crippen molar-refractivity contribution in [3.63, 3.8) is 0 Å². The Hall–Kier alpha value is -1.33. The molecule has 3 nitrogen and oxygen atoms in total. The van der Waals surface area contributed by atoms with Crippen LogP contribution in [-0.4, -0.2) is 13.6 Å². The number of fused-ring (bicyclic) bond motifs is 1. The first-order chi connectivity index (χ1) is 11.8. The number of nitrogens with zero attached hydrogens (tertiary/aromatic N) is 1. The number of benzene rings is 2. The summed E-state index contributed by atoms with van der Waals surface area (Å²) < 4.78 is 3.24. The highest BCUT2D eigenvalue weighted by molar-refractivity contribution is 7.97. The first-order valence-corrected chi connectivity index (χ1v) is 9.40. The van der Waals surface area contributed by atoms with Gasteiger partial charge in [0.25, 0.3) is 0 Å². The fraction of sp³-hybridized carbons (Fsp3) is 0.300. The number of hydrogen-bond donors (Lipinski definition) is 2. The van der Waals surface area contributed by atoms with E-state index in [1.807, 2.05) is 6.20 Å². The van der Waals surface area contributed by atoms with Crippen LogP contribution in [0.3, 0.4) is 0 Å². The Morgan fingerprint density at radius 2 is 1.88 bits per heavy atom. The minimum absolute atomic E-state index is 0. The van der Waals surface area contributed by atoms with Gasteiger partial charge in [0.2, 0.25) is 0 Å². The molecule has 1 saturated heterocycles. The van der Waals surface area contributed by atoms with E-state index >= 15 is 0 Å². The molecule has 1 unspecified atom stereocenters. The molecule has 0 aliphatic carbocycles. The summed E-state index contributed by atoms with van der Waals surface area (Å²) in [5.74, 6) is 0. The molecule has 26 heavy (non-hydrogen) atoms. The van der Waals surface area contributed by atoms with Crippen LogP contribution in [0.25, 0.3) is 6.08 Å². The van der Waals surface area contributed by atoms with Gasteiger partial charge >= 0.3 is 0 Å². The SMILES string of the molecule is CNC1(c2ccccc2)CCCCN1c1ccc2c(c1)SNC=C2.Cl.Cl. The Bertz CT molecular complexity index is 754. The van der Waals surface area contributed by atoms with Crippen LogP contribution in [0.15, 0.2) is 59.6 Å². The summed E-state index contributed by atoms with van der Waals surface area (Å²) in [7, 11) is 2.09. The topological polar surface area (TPSA) is 27.3 Å². The maximum absolute atomic E-state index is 3.65. The van der Waals surface area contributed by atoms with E-state index in [0.717, 1.165) is 13.0 Å². The van der Waals surface area contributed by atoms with E-state index in [1.165, 1.54) is 34.6 Å². The Labute approximate surface area is 172 Å². The molecule has 1 atom stereocenters. The number of hydrogen-bond acceptors (Lipinski definition) is 4. The molecule has 2 aliphatic rings. The summed E-state index contributed by atoms with van der Waals surface area (Å²) >= 11 is 1.69. The van der Waals surface area contributed by atoms with Gasteiger partial charge in [0.1, 0.15) is 5.66 Å². The maximum atomic E-state index is 3.65. The highest BCUT2D eigenvalue weighted by atomic mass is 35.5. The molecule has 0 radical (unpaired) electrons. The molecule has 0 amide bonds. The largest absolute Gasteiger partial charge is 0.349 e. The molecular weight excluding hydrogens is 385 g/mol. The molecule has 2 aromatic rings. The molecule has 2 aromatic carbocycles. The average molecular weight is 410 g/mol. The van der Waals surface area contributed by atoms with E-state index in [-0.39, 0.29) is 30.5 Å². The lowest BCUT2D eigenvalue weighted by molar-refractivity contribution is 0.268. The van der Waals surface area contributed by atoms with Crippen molar-refractivity contribution in [2.75, 3.05) is 18.5 Å². The van der Waals surface area contributed by atoms with Crippen LogP contribution in [0.5, 0.6) is 0 Å². The van der Waals surface area contributed by atoms with E-state index in [2.05, 4.69) is 76.6 Å². The number of nitrogens with one attached hydrogen (secondary N) is 2. The number of anilines is 1. The summed E-state index contributed by atoms with van der Waals surface area (Å²) in [6.45, 7) is 1.07. The third-order valence-electron chi connectivity index (χ3n) is 5.10. The molecular formula is C20H25Cl2N3S. The molecule has 140 valence electrons. The fourth-order valence-electron chi connectivity index (χ4n) is 3.88. The third-order valence-corrected chi connectivity index (χ3v) is 5.93. The van der Waals surface area contributed by atoms with Crippen LogP contribution >= 0.6 is 36.8 Å². The molecule has 0 aromatic heterocycles. The van der Waals surface area contributed by atoms with Crippen molar-refractivity contribution in [3.8, 4) is 0 Å². The van der Waals surface area contributed by atoms with Crippen molar-refractivity contribution in [3.05, 3.63) is 65.9 Å². The van der Waals surface area contributed by atoms with Crippen molar-refractivity contribution in [2.45, 2.75) is 29.8 Å². The highest BCUT2D eigenvalue weighted by Gasteiger charge is 2.39. The van der Waals surface area contributed by atoms with Crippen molar-refractivity contribution >= 4 is 48.5 Å². The number of halogens is 2. The first kappa shape index (κ1) is 21.0. The second-order valence-electron chi connectivity index (χ2n) is 6.36. The van der Waals surface area contributed by atoms with Gasteiger partial charge in [0.05, 0.1) is 0 Å². The van der Waals surface area contributed by atoms with E-state index in [1.54, 1.807) is 11.9 Å². The van der Waals surface area contributed by atoms with E-state index in [9.17, 15) is 0 Å². The first-order valence-electron chi connectivity index (χ1n) is 8.58. The Morgan fingerprint density at radius 3 is 2.65 bits per heavy atom.